The van der Waals surface area contributed by atoms with Gasteiger partial charge in [0, 0.05) is 0 Å². The van der Waals surface area contributed by atoms with Gasteiger partial charge in [0.2, 0.25) is 0 Å². The van der Waals surface area contributed by atoms with Crippen LogP contribution in [-0.4, -0.2) is 20.1 Å². The molecule has 96 valence electrons. The number of rotatable bonds is 2. The van der Waals surface area contributed by atoms with Gasteiger partial charge >= 0.3 is 6.18 Å². The highest BCUT2D eigenvalue weighted by Gasteiger charge is 2.35. The van der Waals surface area contributed by atoms with Crippen molar-refractivity contribution in [1.82, 2.24) is 15.0 Å². The van der Waals surface area contributed by atoms with Crippen LogP contribution in [0.2, 0.25) is 0 Å². The largest absolute Gasteiger partial charge is 0.419 e. The Kier molecular flexibility index (Phi) is 3.04. The van der Waals surface area contributed by atoms with E-state index in [1.54, 1.807) is 0 Å². The molecule has 4 nitrogen and oxygen atoms in total. The summed E-state index contributed by atoms with van der Waals surface area (Å²) in [6.07, 6.45) is -3.63. The van der Waals surface area contributed by atoms with Gasteiger partial charge in [0.1, 0.15) is 11.4 Å². The number of alkyl halides is 3. The summed E-state index contributed by atoms with van der Waals surface area (Å²) in [6, 6.07) is 2.85. The summed E-state index contributed by atoms with van der Waals surface area (Å²) in [4.78, 5) is 0. The van der Waals surface area contributed by atoms with Crippen LogP contribution in [0.3, 0.4) is 0 Å². The van der Waals surface area contributed by atoms with Crippen molar-refractivity contribution in [2.24, 2.45) is 0 Å². The Labute approximate surface area is 98.5 Å². The first kappa shape index (κ1) is 12.5. The lowest BCUT2D eigenvalue weighted by Crippen LogP contribution is -2.11. The molecule has 8 heteroatoms. The molecule has 0 saturated heterocycles. The van der Waals surface area contributed by atoms with Gasteiger partial charge in [-0.15, -0.1) is 5.10 Å². The van der Waals surface area contributed by atoms with Crippen LogP contribution in [-0.2, 0) is 12.8 Å². The minimum absolute atomic E-state index is 0.131. The van der Waals surface area contributed by atoms with E-state index in [0.717, 1.165) is 23.0 Å². The van der Waals surface area contributed by atoms with Crippen LogP contribution < -0.4 is 0 Å². The second-order valence-corrected chi connectivity index (χ2v) is 3.45. The number of benzene rings is 1. The fourth-order valence-corrected chi connectivity index (χ4v) is 1.40. The molecule has 1 heterocycles. The lowest BCUT2D eigenvalue weighted by Gasteiger charge is -2.10. The molecule has 0 aliphatic heterocycles. The zero-order chi connectivity index (χ0) is 13.3. The SMILES string of the molecule is OCc1cn(-c2cccc(C(F)(F)F)c2F)nn1. The van der Waals surface area contributed by atoms with Gasteiger partial charge in [0.15, 0.2) is 5.82 Å². The van der Waals surface area contributed by atoms with Gasteiger partial charge in [-0.05, 0) is 12.1 Å². The van der Waals surface area contributed by atoms with E-state index >= 15 is 0 Å². The standard InChI is InChI=1S/C10H7F4N3O/c11-9-7(10(12,13)14)2-1-3-8(9)17-4-6(5-18)15-16-17/h1-4,18H,5H2. The summed E-state index contributed by atoms with van der Waals surface area (Å²) in [5.41, 5.74) is -1.62. The van der Waals surface area contributed by atoms with Crippen LogP contribution in [0.15, 0.2) is 24.4 Å². The molecule has 0 spiro atoms. The summed E-state index contributed by atoms with van der Waals surface area (Å²) >= 11 is 0. The Morgan fingerprint density at radius 1 is 1.28 bits per heavy atom. The second-order valence-electron chi connectivity index (χ2n) is 3.45. The highest BCUT2D eigenvalue weighted by molar-refractivity contribution is 5.38. The first-order valence-corrected chi connectivity index (χ1v) is 4.81. The van der Waals surface area contributed by atoms with E-state index in [1.807, 2.05) is 0 Å². The maximum atomic E-state index is 13.7. The second kappa shape index (κ2) is 4.37. The van der Waals surface area contributed by atoms with E-state index in [1.165, 1.54) is 0 Å². The molecule has 1 N–H and O–H groups in total. The fourth-order valence-electron chi connectivity index (χ4n) is 1.40. The van der Waals surface area contributed by atoms with Crippen LogP contribution >= 0.6 is 0 Å². The molecule has 1 aromatic heterocycles. The first-order chi connectivity index (χ1) is 8.43. The fraction of sp³-hybridized carbons (Fsp3) is 0.200. The van der Waals surface area contributed by atoms with Gasteiger partial charge in [-0.25, -0.2) is 9.07 Å². The average Bonchev–Trinajstić information content (AvgIpc) is 2.76. The molecule has 2 rings (SSSR count). The van der Waals surface area contributed by atoms with Gasteiger partial charge in [0.05, 0.1) is 18.4 Å². The van der Waals surface area contributed by atoms with Crippen LogP contribution in [0.5, 0.6) is 0 Å². The van der Waals surface area contributed by atoms with Crippen molar-refractivity contribution in [3.05, 3.63) is 41.5 Å². The average molecular weight is 261 g/mol. The molecule has 0 bridgehead atoms. The number of hydrogen-bond donors (Lipinski definition) is 1. The molecular formula is C10H7F4N3O. The van der Waals surface area contributed by atoms with E-state index < -0.39 is 24.2 Å². The van der Waals surface area contributed by atoms with E-state index in [0.29, 0.717) is 6.07 Å². The van der Waals surface area contributed by atoms with Crippen molar-refractivity contribution >= 4 is 0 Å². The van der Waals surface area contributed by atoms with E-state index in [-0.39, 0.29) is 11.4 Å². The summed E-state index contributed by atoms with van der Waals surface area (Å²) in [6.45, 7) is -0.430. The Bertz CT molecular complexity index is 564. The number of aromatic nitrogens is 3. The number of nitrogens with zero attached hydrogens (tertiary/aromatic N) is 3. The Morgan fingerprint density at radius 2 is 2.00 bits per heavy atom. The molecule has 0 radical (unpaired) electrons. The van der Waals surface area contributed by atoms with Gasteiger partial charge in [-0.1, -0.05) is 11.3 Å². The molecule has 0 amide bonds. The third-order valence-corrected chi connectivity index (χ3v) is 2.23. The molecule has 0 saturated carbocycles. The van der Waals surface area contributed by atoms with E-state index in [4.69, 9.17) is 5.11 Å². The highest BCUT2D eigenvalue weighted by Crippen LogP contribution is 2.33. The molecule has 0 aliphatic rings. The predicted molar refractivity (Wildman–Crippen MR) is 52.2 cm³/mol. The predicted octanol–water partition coefficient (Wildman–Crippen LogP) is 1.92. The smallest absolute Gasteiger partial charge is 0.390 e. The third-order valence-electron chi connectivity index (χ3n) is 2.23. The summed E-state index contributed by atoms with van der Waals surface area (Å²) in [7, 11) is 0. The van der Waals surface area contributed by atoms with Crippen molar-refractivity contribution in [1.29, 1.82) is 0 Å². The quantitative estimate of drug-likeness (QED) is 0.840. The van der Waals surface area contributed by atoms with Crippen LogP contribution in [0.4, 0.5) is 17.6 Å². The summed E-state index contributed by atoms with van der Waals surface area (Å²) in [5, 5.41) is 15.7. The highest BCUT2D eigenvalue weighted by atomic mass is 19.4. The van der Waals surface area contributed by atoms with Gasteiger partial charge in [-0.3, -0.25) is 0 Å². The minimum Gasteiger partial charge on any atom is -0.390 e. The van der Waals surface area contributed by atoms with E-state index in [2.05, 4.69) is 10.3 Å². The van der Waals surface area contributed by atoms with Crippen molar-refractivity contribution in [3.63, 3.8) is 0 Å². The van der Waals surface area contributed by atoms with Crippen LogP contribution in [0.25, 0.3) is 5.69 Å². The molecule has 1 aromatic carbocycles. The normalized spacial score (nSPS) is 11.8. The molecule has 0 atom stereocenters. The number of halogens is 4. The number of aliphatic hydroxyl groups is 1. The van der Waals surface area contributed by atoms with Crippen molar-refractivity contribution in [2.45, 2.75) is 12.8 Å². The molecule has 0 aliphatic carbocycles. The zero-order valence-electron chi connectivity index (χ0n) is 8.82. The Hall–Kier alpha value is -1.96. The summed E-state index contributed by atoms with van der Waals surface area (Å²) in [5.74, 6) is -1.43. The molecule has 0 fully saturated rings. The molecular weight excluding hydrogens is 254 g/mol. The topological polar surface area (TPSA) is 50.9 Å². The maximum absolute atomic E-state index is 13.7. The van der Waals surface area contributed by atoms with Gasteiger partial charge in [-0.2, -0.15) is 13.2 Å². The van der Waals surface area contributed by atoms with Crippen LogP contribution in [0, 0.1) is 5.82 Å². The Balaban J connectivity index is 2.52. The lowest BCUT2D eigenvalue weighted by molar-refractivity contribution is -0.140. The monoisotopic (exact) mass is 261 g/mol. The maximum Gasteiger partial charge on any atom is 0.419 e. The van der Waals surface area contributed by atoms with Crippen LogP contribution in [0.1, 0.15) is 11.3 Å². The van der Waals surface area contributed by atoms with Crippen molar-refractivity contribution in [3.8, 4) is 5.69 Å². The van der Waals surface area contributed by atoms with Crippen molar-refractivity contribution in [2.75, 3.05) is 0 Å². The zero-order valence-corrected chi connectivity index (χ0v) is 8.82. The number of aliphatic hydroxyl groups excluding tert-OH is 1. The Morgan fingerprint density at radius 3 is 2.56 bits per heavy atom. The first-order valence-electron chi connectivity index (χ1n) is 4.81. The van der Waals surface area contributed by atoms with Gasteiger partial charge < -0.3 is 5.11 Å². The van der Waals surface area contributed by atoms with Crippen molar-refractivity contribution < 1.29 is 22.7 Å². The molecule has 18 heavy (non-hydrogen) atoms. The van der Waals surface area contributed by atoms with E-state index in [9.17, 15) is 17.6 Å². The minimum atomic E-state index is -4.78. The van der Waals surface area contributed by atoms with Gasteiger partial charge in [0.25, 0.3) is 0 Å². The number of hydrogen-bond acceptors (Lipinski definition) is 3. The molecule has 0 unspecified atom stereocenters. The molecule has 2 aromatic rings. The lowest BCUT2D eigenvalue weighted by atomic mass is 10.2. The third kappa shape index (κ3) is 2.19. The summed E-state index contributed by atoms with van der Waals surface area (Å²) < 4.78 is 52.0.